The standard InChI is InChI=1S/C22H15NO5/c24-19-9-7-15(11-20(19)25)23-12-17(21(26)22(27)28)16-10-14(6-8-18(16)23)13-4-2-1-3-5-13/h1-12,24-25H,(H,27,28). The van der Waals surface area contributed by atoms with Crippen LogP contribution >= 0.6 is 0 Å². The number of nitrogens with zero attached hydrogens (tertiary/aromatic N) is 1. The van der Waals surface area contributed by atoms with Gasteiger partial charge in [-0.25, -0.2) is 4.79 Å². The monoisotopic (exact) mass is 373 g/mol. The number of carbonyl (C=O) groups excluding carboxylic acids is 1. The lowest BCUT2D eigenvalue weighted by Gasteiger charge is -2.08. The van der Waals surface area contributed by atoms with Gasteiger partial charge in [-0.2, -0.15) is 0 Å². The maximum atomic E-state index is 12.3. The van der Waals surface area contributed by atoms with Crippen molar-refractivity contribution in [1.82, 2.24) is 4.57 Å². The fraction of sp³-hybridized carbons (Fsp3) is 0. The molecule has 0 saturated heterocycles. The van der Waals surface area contributed by atoms with Crippen LogP contribution in [0.2, 0.25) is 0 Å². The third kappa shape index (κ3) is 2.87. The van der Waals surface area contributed by atoms with E-state index < -0.39 is 11.8 Å². The fourth-order valence-electron chi connectivity index (χ4n) is 3.21. The van der Waals surface area contributed by atoms with Crippen molar-refractivity contribution in [2.75, 3.05) is 0 Å². The second kappa shape index (κ2) is 6.59. The van der Waals surface area contributed by atoms with Crippen molar-refractivity contribution in [3.8, 4) is 28.3 Å². The molecule has 0 spiro atoms. The number of aromatic hydroxyl groups is 2. The predicted octanol–water partition coefficient (Wildman–Crippen LogP) is 3.98. The first kappa shape index (κ1) is 17.4. The molecule has 4 aromatic rings. The summed E-state index contributed by atoms with van der Waals surface area (Å²) in [5.41, 5.74) is 2.92. The number of benzene rings is 3. The second-order valence-corrected chi connectivity index (χ2v) is 6.32. The zero-order valence-corrected chi connectivity index (χ0v) is 14.5. The maximum Gasteiger partial charge on any atom is 0.377 e. The number of aliphatic carboxylic acids is 1. The van der Waals surface area contributed by atoms with Crippen molar-refractivity contribution in [3.63, 3.8) is 0 Å². The van der Waals surface area contributed by atoms with Crippen LogP contribution in [-0.2, 0) is 4.79 Å². The Morgan fingerprint density at radius 3 is 2.21 bits per heavy atom. The zero-order valence-electron chi connectivity index (χ0n) is 14.5. The normalized spacial score (nSPS) is 10.9. The van der Waals surface area contributed by atoms with E-state index in [1.807, 2.05) is 36.4 Å². The Morgan fingerprint density at radius 1 is 0.786 bits per heavy atom. The lowest BCUT2D eigenvalue weighted by Crippen LogP contribution is -2.12. The summed E-state index contributed by atoms with van der Waals surface area (Å²) in [4.78, 5) is 23.6. The molecule has 6 heteroatoms. The highest BCUT2D eigenvalue weighted by Gasteiger charge is 2.22. The van der Waals surface area contributed by atoms with Crippen LogP contribution in [0.25, 0.3) is 27.7 Å². The van der Waals surface area contributed by atoms with Gasteiger partial charge in [-0.1, -0.05) is 36.4 Å². The van der Waals surface area contributed by atoms with E-state index in [0.29, 0.717) is 16.6 Å². The highest BCUT2D eigenvalue weighted by molar-refractivity contribution is 6.42. The number of carboxylic acids is 1. The molecule has 0 atom stereocenters. The van der Waals surface area contributed by atoms with Gasteiger partial charge in [0.2, 0.25) is 0 Å². The molecule has 0 amide bonds. The number of carboxylic acid groups (broad SMARTS) is 1. The molecular formula is C22H15NO5. The number of hydrogen-bond donors (Lipinski definition) is 3. The topological polar surface area (TPSA) is 99.8 Å². The Bertz CT molecular complexity index is 1220. The van der Waals surface area contributed by atoms with Gasteiger partial charge in [0.1, 0.15) is 0 Å². The number of fused-ring (bicyclic) bond motifs is 1. The number of phenols is 2. The molecular weight excluding hydrogens is 358 g/mol. The molecule has 0 bridgehead atoms. The van der Waals surface area contributed by atoms with Crippen LogP contribution in [0.15, 0.2) is 72.9 Å². The van der Waals surface area contributed by atoms with Crippen LogP contribution in [-0.4, -0.2) is 31.6 Å². The van der Waals surface area contributed by atoms with Gasteiger partial charge in [0.25, 0.3) is 5.78 Å². The molecule has 0 aliphatic heterocycles. The van der Waals surface area contributed by atoms with E-state index in [2.05, 4.69) is 0 Å². The summed E-state index contributed by atoms with van der Waals surface area (Å²) >= 11 is 0. The van der Waals surface area contributed by atoms with Crippen molar-refractivity contribution in [1.29, 1.82) is 0 Å². The number of rotatable bonds is 4. The molecule has 0 saturated carbocycles. The number of carbonyl (C=O) groups is 2. The third-order valence-corrected chi connectivity index (χ3v) is 4.59. The smallest absolute Gasteiger partial charge is 0.377 e. The molecule has 138 valence electrons. The summed E-state index contributed by atoms with van der Waals surface area (Å²) in [7, 11) is 0. The molecule has 0 aliphatic carbocycles. The van der Waals surface area contributed by atoms with Gasteiger partial charge < -0.3 is 19.9 Å². The van der Waals surface area contributed by atoms with Gasteiger partial charge in [0, 0.05) is 23.3 Å². The van der Waals surface area contributed by atoms with E-state index in [1.165, 1.54) is 18.3 Å². The molecule has 0 aliphatic rings. The molecule has 1 heterocycles. The quantitative estimate of drug-likeness (QED) is 0.285. The van der Waals surface area contributed by atoms with Crippen molar-refractivity contribution < 1.29 is 24.9 Å². The summed E-state index contributed by atoms with van der Waals surface area (Å²) in [6.07, 6.45) is 1.43. The van der Waals surface area contributed by atoms with Crippen LogP contribution in [0.4, 0.5) is 0 Å². The Labute approximate surface area is 159 Å². The molecule has 0 fully saturated rings. The molecule has 1 aromatic heterocycles. The Hall–Kier alpha value is -4.06. The number of aromatic nitrogens is 1. The molecule has 0 radical (unpaired) electrons. The summed E-state index contributed by atoms with van der Waals surface area (Å²) < 4.78 is 1.61. The van der Waals surface area contributed by atoms with Gasteiger partial charge in [-0.3, -0.25) is 4.79 Å². The average Bonchev–Trinajstić information content (AvgIpc) is 3.09. The van der Waals surface area contributed by atoms with Crippen LogP contribution in [0.5, 0.6) is 11.5 Å². The molecule has 4 rings (SSSR count). The minimum Gasteiger partial charge on any atom is -0.504 e. The van der Waals surface area contributed by atoms with E-state index in [4.69, 9.17) is 0 Å². The molecule has 6 nitrogen and oxygen atoms in total. The van der Waals surface area contributed by atoms with Crippen molar-refractivity contribution in [2.45, 2.75) is 0 Å². The fourth-order valence-corrected chi connectivity index (χ4v) is 3.21. The Balaban J connectivity index is 1.98. The minimum atomic E-state index is -1.54. The molecule has 0 unspecified atom stereocenters. The van der Waals surface area contributed by atoms with Crippen LogP contribution in [0.3, 0.4) is 0 Å². The summed E-state index contributed by atoms with van der Waals surface area (Å²) in [6.45, 7) is 0. The number of phenolic OH excluding ortho intramolecular Hbond substituents is 2. The SMILES string of the molecule is O=C(O)C(=O)c1cn(-c2ccc(O)c(O)c2)c2ccc(-c3ccccc3)cc12. The first-order chi connectivity index (χ1) is 13.5. The van der Waals surface area contributed by atoms with Gasteiger partial charge >= 0.3 is 5.97 Å². The maximum absolute atomic E-state index is 12.3. The lowest BCUT2D eigenvalue weighted by molar-refractivity contribution is -0.131. The molecule has 3 N–H and O–H groups in total. The van der Waals surface area contributed by atoms with Crippen molar-refractivity contribution >= 4 is 22.7 Å². The minimum absolute atomic E-state index is 0.0489. The van der Waals surface area contributed by atoms with Crippen LogP contribution < -0.4 is 0 Å². The van der Waals surface area contributed by atoms with Crippen molar-refractivity contribution in [3.05, 3.63) is 78.5 Å². The van der Waals surface area contributed by atoms with Crippen molar-refractivity contribution in [2.24, 2.45) is 0 Å². The number of ketones is 1. The largest absolute Gasteiger partial charge is 0.504 e. The summed E-state index contributed by atoms with van der Waals surface area (Å²) in [6, 6.07) is 19.2. The van der Waals surface area contributed by atoms with Gasteiger partial charge in [0.05, 0.1) is 11.1 Å². The van der Waals surface area contributed by atoms with Gasteiger partial charge in [-0.15, -0.1) is 0 Å². The number of hydrogen-bond acceptors (Lipinski definition) is 4. The summed E-state index contributed by atoms with van der Waals surface area (Å²) in [5.74, 6) is -3.14. The average molecular weight is 373 g/mol. The Morgan fingerprint density at radius 2 is 1.54 bits per heavy atom. The van der Waals surface area contributed by atoms with E-state index in [9.17, 15) is 24.9 Å². The van der Waals surface area contributed by atoms with Crippen LogP contribution in [0, 0.1) is 0 Å². The third-order valence-electron chi connectivity index (χ3n) is 4.59. The van der Waals surface area contributed by atoms with E-state index in [-0.39, 0.29) is 17.1 Å². The molecule has 28 heavy (non-hydrogen) atoms. The van der Waals surface area contributed by atoms with E-state index >= 15 is 0 Å². The highest BCUT2D eigenvalue weighted by Crippen LogP contribution is 2.33. The summed E-state index contributed by atoms with van der Waals surface area (Å²) in [5, 5.41) is 29.0. The first-order valence-corrected chi connectivity index (χ1v) is 8.46. The predicted molar refractivity (Wildman–Crippen MR) is 104 cm³/mol. The molecule has 3 aromatic carbocycles. The first-order valence-electron chi connectivity index (χ1n) is 8.46. The van der Waals surface area contributed by atoms with Crippen LogP contribution in [0.1, 0.15) is 10.4 Å². The number of Topliss-reactive ketones (excluding diaryl/α,β-unsaturated/α-hetero) is 1. The lowest BCUT2D eigenvalue weighted by atomic mass is 10.0. The Kier molecular flexibility index (Phi) is 4.08. The van der Waals surface area contributed by atoms with Gasteiger partial charge in [0.15, 0.2) is 11.5 Å². The zero-order chi connectivity index (χ0) is 19.8. The second-order valence-electron chi connectivity index (χ2n) is 6.32. The highest BCUT2D eigenvalue weighted by atomic mass is 16.4. The van der Waals surface area contributed by atoms with Gasteiger partial charge in [-0.05, 0) is 35.4 Å². The van der Waals surface area contributed by atoms with E-state index in [1.54, 1.807) is 22.8 Å². The van der Waals surface area contributed by atoms with E-state index in [0.717, 1.165) is 11.1 Å².